The Morgan fingerprint density at radius 3 is 1.74 bits per heavy atom. The first kappa shape index (κ1) is 14.8. The molecule has 0 aromatic rings. The number of rotatable bonds is 4. The summed E-state index contributed by atoms with van der Waals surface area (Å²) in [5, 5.41) is 6.67. The van der Waals surface area contributed by atoms with Crippen molar-refractivity contribution < 1.29 is 4.79 Å². The Morgan fingerprint density at radius 2 is 1.21 bits per heavy atom. The van der Waals surface area contributed by atoms with Gasteiger partial charge in [0.05, 0.1) is 6.54 Å². The van der Waals surface area contributed by atoms with Crippen LogP contribution in [0.1, 0.15) is 77.0 Å². The van der Waals surface area contributed by atoms with Gasteiger partial charge in [-0.05, 0) is 25.7 Å². The lowest BCUT2D eigenvalue weighted by Gasteiger charge is -2.19. The van der Waals surface area contributed by atoms with Gasteiger partial charge in [0.15, 0.2) is 0 Å². The molecular formula is C16H30N2O. The van der Waals surface area contributed by atoms with Crippen LogP contribution in [0, 0.1) is 0 Å². The predicted octanol–water partition coefficient (Wildman–Crippen LogP) is 3.14. The van der Waals surface area contributed by atoms with Crippen molar-refractivity contribution in [2.45, 2.75) is 89.1 Å². The topological polar surface area (TPSA) is 41.1 Å². The number of amides is 1. The summed E-state index contributed by atoms with van der Waals surface area (Å²) in [6.07, 6.45) is 15.5. The molecular weight excluding hydrogens is 236 g/mol. The van der Waals surface area contributed by atoms with Gasteiger partial charge >= 0.3 is 0 Å². The maximum absolute atomic E-state index is 12.0. The first-order chi connectivity index (χ1) is 9.34. The number of hydrogen-bond acceptors (Lipinski definition) is 2. The quantitative estimate of drug-likeness (QED) is 0.768. The van der Waals surface area contributed by atoms with E-state index in [1.54, 1.807) is 0 Å². The molecule has 0 unspecified atom stereocenters. The third-order valence-corrected chi connectivity index (χ3v) is 4.63. The summed E-state index contributed by atoms with van der Waals surface area (Å²) in [5.41, 5.74) is 0. The zero-order valence-corrected chi connectivity index (χ0v) is 12.3. The molecule has 0 aromatic heterocycles. The Balaban J connectivity index is 1.62. The fraction of sp³-hybridized carbons (Fsp3) is 0.938. The van der Waals surface area contributed by atoms with Crippen molar-refractivity contribution in [1.82, 2.24) is 10.6 Å². The SMILES string of the molecule is O=C(CNC1CCCCCC1)NC1CCCCCC1. The summed E-state index contributed by atoms with van der Waals surface area (Å²) in [6.45, 7) is 0.515. The van der Waals surface area contributed by atoms with Gasteiger partial charge in [-0.25, -0.2) is 0 Å². The van der Waals surface area contributed by atoms with Crippen LogP contribution in [0.15, 0.2) is 0 Å². The van der Waals surface area contributed by atoms with Gasteiger partial charge < -0.3 is 10.6 Å². The van der Waals surface area contributed by atoms with Crippen molar-refractivity contribution in [2.24, 2.45) is 0 Å². The van der Waals surface area contributed by atoms with Gasteiger partial charge in [-0.2, -0.15) is 0 Å². The average Bonchev–Trinajstić information content (AvgIpc) is 2.80. The number of nitrogens with one attached hydrogen (secondary N) is 2. The smallest absolute Gasteiger partial charge is 0.234 e. The second-order valence-electron chi connectivity index (χ2n) is 6.33. The van der Waals surface area contributed by atoms with E-state index >= 15 is 0 Å². The summed E-state index contributed by atoms with van der Waals surface area (Å²) in [5.74, 6) is 0.205. The first-order valence-electron chi connectivity index (χ1n) is 8.37. The average molecular weight is 266 g/mol. The molecule has 3 heteroatoms. The third kappa shape index (κ3) is 5.94. The molecule has 0 aromatic carbocycles. The van der Waals surface area contributed by atoms with Gasteiger partial charge in [0.1, 0.15) is 0 Å². The number of carbonyl (C=O) groups is 1. The molecule has 2 saturated carbocycles. The highest BCUT2D eigenvalue weighted by molar-refractivity contribution is 5.78. The molecule has 2 aliphatic carbocycles. The van der Waals surface area contributed by atoms with Crippen LogP contribution in [0.25, 0.3) is 0 Å². The van der Waals surface area contributed by atoms with E-state index in [1.165, 1.54) is 77.0 Å². The fourth-order valence-corrected chi connectivity index (χ4v) is 3.42. The Morgan fingerprint density at radius 1 is 0.737 bits per heavy atom. The molecule has 0 aliphatic heterocycles. The van der Waals surface area contributed by atoms with Crippen LogP contribution >= 0.6 is 0 Å². The maximum Gasteiger partial charge on any atom is 0.234 e. The highest BCUT2D eigenvalue weighted by Crippen LogP contribution is 2.18. The normalized spacial score (nSPS) is 23.6. The molecule has 2 aliphatic rings. The molecule has 1 amide bonds. The monoisotopic (exact) mass is 266 g/mol. The molecule has 19 heavy (non-hydrogen) atoms. The fourth-order valence-electron chi connectivity index (χ4n) is 3.42. The first-order valence-corrected chi connectivity index (χ1v) is 8.37. The van der Waals surface area contributed by atoms with Gasteiger partial charge in [0.2, 0.25) is 5.91 Å². The summed E-state index contributed by atoms with van der Waals surface area (Å²) in [7, 11) is 0. The molecule has 3 nitrogen and oxygen atoms in total. The van der Waals surface area contributed by atoms with E-state index in [4.69, 9.17) is 0 Å². The third-order valence-electron chi connectivity index (χ3n) is 4.63. The van der Waals surface area contributed by atoms with Crippen LogP contribution in [0.2, 0.25) is 0 Å². The van der Waals surface area contributed by atoms with E-state index in [0.29, 0.717) is 18.6 Å². The zero-order valence-electron chi connectivity index (χ0n) is 12.3. The van der Waals surface area contributed by atoms with Crippen LogP contribution in [0.4, 0.5) is 0 Å². The zero-order chi connectivity index (χ0) is 13.3. The number of hydrogen-bond donors (Lipinski definition) is 2. The minimum atomic E-state index is 0.205. The van der Waals surface area contributed by atoms with Crippen LogP contribution in [-0.2, 0) is 4.79 Å². The maximum atomic E-state index is 12.0. The van der Waals surface area contributed by atoms with Crippen molar-refractivity contribution in [3.05, 3.63) is 0 Å². The van der Waals surface area contributed by atoms with Gasteiger partial charge in [0.25, 0.3) is 0 Å². The lowest BCUT2D eigenvalue weighted by Crippen LogP contribution is -2.43. The Kier molecular flexibility index (Phi) is 6.69. The van der Waals surface area contributed by atoms with Gasteiger partial charge in [-0.1, -0.05) is 51.4 Å². The Labute approximate surface area is 117 Å². The van der Waals surface area contributed by atoms with Crippen LogP contribution in [0.5, 0.6) is 0 Å². The van der Waals surface area contributed by atoms with E-state index in [1.807, 2.05) is 0 Å². The Bertz CT molecular complexity index is 251. The van der Waals surface area contributed by atoms with Crippen molar-refractivity contribution in [3.63, 3.8) is 0 Å². The summed E-state index contributed by atoms with van der Waals surface area (Å²) in [4.78, 5) is 12.0. The second kappa shape index (κ2) is 8.57. The standard InChI is InChI=1S/C16H30N2O/c19-16(18-15-11-7-3-4-8-12-15)13-17-14-9-5-1-2-6-10-14/h14-15,17H,1-13H2,(H,18,19). The van der Waals surface area contributed by atoms with Crippen molar-refractivity contribution in [1.29, 1.82) is 0 Å². The van der Waals surface area contributed by atoms with Crippen LogP contribution in [-0.4, -0.2) is 24.5 Å². The van der Waals surface area contributed by atoms with Gasteiger partial charge in [0, 0.05) is 12.1 Å². The Hall–Kier alpha value is -0.570. The molecule has 2 fully saturated rings. The number of carbonyl (C=O) groups excluding carboxylic acids is 1. The molecule has 0 radical (unpaired) electrons. The molecule has 0 bridgehead atoms. The van der Waals surface area contributed by atoms with E-state index in [0.717, 1.165) is 0 Å². The lowest BCUT2D eigenvalue weighted by atomic mass is 10.1. The van der Waals surface area contributed by atoms with Crippen molar-refractivity contribution >= 4 is 5.91 Å². The van der Waals surface area contributed by atoms with Crippen LogP contribution < -0.4 is 10.6 Å². The van der Waals surface area contributed by atoms with Crippen LogP contribution in [0.3, 0.4) is 0 Å². The lowest BCUT2D eigenvalue weighted by molar-refractivity contribution is -0.121. The minimum absolute atomic E-state index is 0.205. The summed E-state index contributed by atoms with van der Waals surface area (Å²) >= 11 is 0. The summed E-state index contributed by atoms with van der Waals surface area (Å²) in [6, 6.07) is 1.01. The van der Waals surface area contributed by atoms with E-state index in [-0.39, 0.29) is 5.91 Å². The molecule has 110 valence electrons. The minimum Gasteiger partial charge on any atom is -0.352 e. The van der Waals surface area contributed by atoms with Crippen molar-refractivity contribution in [3.8, 4) is 0 Å². The molecule has 0 spiro atoms. The predicted molar refractivity (Wildman–Crippen MR) is 79.1 cm³/mol. The van der Waals surface area contributed by atoms with Gasteiger partial charge in [-0.3, -0.25) is 4.79 Å². The van der Waals surface area contributed by atoms with E-state index in [9.17, 15) is 4.79 Å². The summed E-state index contributed by atoms with van der Waals surface area (Å²) < 4.78 is 0. The van der Waals surface area contributed by atoms with E-state index in [2.05, 4.69) is 10.6 Å². The molecule has 0 atom stereocenters. The highest BCUT2D eigenvalue weighted by atomic mass is 16.1. The molecule has 0 saturated heterocycles. The molecule has 2 rings (SSSR count). The largest absolute Gasteiger partial charge is 0.352 e. The second-order valence-corrected chi connectivity index (χ2v) is 6.33. The molecule has 0 heterocycles. The highest BCUT2D eigenvalue weighted by Gasteiger charge is 2.16. The van der Waals surface area contributed by atoms with Crippen molar-refractivity contribution in [2.75, 3.05) is 6.54 Å². The molecule has 2 N–H and O–H groups in total. The van der Waals surface area contributed by atoms with Gasteiger partial charge in [-0.15, -0.1) is 0 Å². The van der Waals surface area contributed by atoms with E-state index < -0.39 is 0 Å².